The molecule has 0 fully saturated rings. The predicted octanol–water partition coefficient (Wildman–Crippen LogP) is 3.92. The molecule has 0 aliphatic rings. The number of thioether (sulfide) groups is 1. The van der Waals surface area contributed by atoms with Crippen molar-refractivity contribution in [2.24, 2.45) is 0 Å². The van der Waals surface area contributed by atoms with Crippen LogP contribution in [0.2, 0.25) is 10.0 Å². The molecule has 2 aromatic carbocycles. The average molecular weight is 473 g/mol. The van der Waals surface area contributed by atoms with E-state index in [-0.39, 0.29) is 22.0 Å². The summed E-state index contributed by atoms with van der Waals surface area (Å²) in [5.74, 6) is 0.128. The maximum Gasteiger partial charge on any atom is 0.262 e. The number of fused-ring (bicyclic) bond motifs is 1. The highest BCUT2D eigenvalue weighted by atomic mass is 35.5. The van der Waals surface area contributed by atoms with Crippen molar-refractivity contribution in [3.8, 4) is 0 Å². The van der Waals surface area contributed by atoms with E-state index in [2.05, 4.69) is 4.98 Å². The van der Waals surface area contributed by atoms with E-state index in [1.54, 1.807) is 37.4 Å². The van der Waals surface area contributed by atoms with Gasteiger partial charge in [-0.25, -0.2) is 13.4 Å². The van der Waals surface area contributed by atoms with Gasteiger partial charge in [0.05, 0.1) is 34.7 Å². The molecule has 29 heavy (non-hydrogen) atoms. The number of benzene rings is 2. The van der Waals surface area contributed by atoms with Gasteiger partial charge in [0.25, 0.3) is 5.56 Å². The molecule has 3 rings (SSSR count). The zero-order chi connectivity index (χ0) is 21.0. The SMILES string of the molecule is COCCn1c(SCCS(=O)(=O)c2ccc(Cl)cc2)nc2cc(Cl)ccc2c1=O. The molecule has 0 aliphatic carbocycles. The molecule has 0 N–H and O–H groups in total. The lowest BCUT2D eigenvalue weighted by molar-refractivity contribution is 0.183. The number of halogens is 2. The minimum absolute atomic E-state index is 0.104. The molecule has 3 aromatic rings. The summed E-state index contributed by atoms with van der Waals surface area (Å²) in [6.07, 6.45) is 0. The quantitative estimate of drug-likeness (QED) is 0.365. The Morgan fingerprint density at radius 1 is 1.10 bits per heavy atom. The molecule has 1 aromatic heterocycles. The third-order valence-corrected chi connectivity index (χ3v) is 7.61. The molecular weight excluding hydrogens is 455 g/mol. The molecule has 0 unspecified atom stereocenters. The van der Waals surface area contributed by atoms with Crippen LogP contribution in [0.5, 0.6) is 0 Å². The maximum absolute atomic E-state index is 12.9. The van der Waals surface area contributed by atoms with Gasteiger partial charge in [0.15, 0.2) is 15.0 Å². The number of aromatic nitrogens is 2. The van der Waals surface area contributed by atoms with E-state index in [0.29, 0.717) is 39.3 Å². The van der Waals surface area contributed by atoms with E-state index >= 15 is 0 Å². The fourth-order valence-corrected chi connectivity index (χ4v) is 5.63. The first-order valence-electron chi connectivity index (χ1n) is 8.62. The first-order valence-corrected chi connectivity index (χ1v) is 12.0. The van der Waals surface area contributed by atoms with Crippen molar-refractivity contribution in [1.82, 2.24) is 9.55 Å². The number of hydrogen-bond donors (Lipinski definition) is 0. The van der Waals surface area contributed by atoms with Crippen LogP contribution < -0.4 is 5.56 Å². The first kappa shape index (κ1) is 22.1. The summed E-state index contributed by atoms with van der Waals surface area (Å²) in [7, 11) is -1.93. The van der Waals surface area contributed by atoms with Crippen molar-refractivity contribution < 1.29 is 13.2 Å². The zero-order valence-corrected chi connectivity index (χ0v) is 18.6. The lowest BCUT2D eigenvalue weighted by atomic mass is 10.2. The zero-order valence-electron chi connectivity index (χ0n) is 15.5. The number of rotatable bonds is 8. The van der Waals surface area contributed by atoms with E-state index in [0.717, 1.165) is 0 Å². The van der Waals surface area contributed by atoms with Gasteiger partial charge in [-0.3, -0.25) is 9.36 Å². The van der Waals surface area contributed by atoms with Crippen molar-refractivity contribution in [1.29, 1.82) is 0 Å². The molecule has 0 amide bonds. The van der Waals surface area contributed by atoms with Gasteiger partial charge in [0.1, 0.15) is 0 Å². The van der Waals surface area contributed by atoms with Crippen LogP contribution in [0.3, 0.4) is 0 Å². The summed E-state index contributed by atoms with van der Waals surface area (Å²) >= 11 is 13.1. The Hall–Kier alpha value is -1.58. The Morgan fingerprint density at radius 3 is 2.48 bits per heavy atom. The Kier molecular flexibility index (Phi) is 7.23. The minimum atomic E-state index is -3.48. The summed E-state index contributed by atoms with van der Waals surface area (Å²) in [4.78, 5) is 17.6. The van der Waals surface area contributed by atoms with Crippen LogP contribution in [-0.4, -0.2) is 43.2 Å². The standard InChI is InChI=1S/C19H18Cl2N2O4S2/c1-27-9-8-23-18(24)16-7-4-14(21)12-17(16)22-19(23)28-10-11-29(25,26)15-5-2-13(20)3-6-15/h2-7,12H,8-11H2,1H3. The predicted molar refractivity (Wildman–Crippen MR) is 117 cm³/mol. The molecule has 0 spiro atoms. The van der Waals surface area contributed by atoms with Crippen LogP contribution in [0.1, 0.15) is 0 Å². The second-order valence-electron chi connectivity index (χ2n) is 6.13. The molecule has 0 saturated carbocycles. The van der Waals surface area contributed by atoms with E-state index in [1.807, 2.05) is 0 Å². The van der Waals surface area contributed by atoms with Gasteiger partial charge in [-0.05, 0) is 42.5 Å². The number of methoxy groups -OCH3 is 1. The largest absolute Gasteiger partial charge is 0.383 e. The highest BCUT2D eigenvalue weighted by Gasteiger charge is 2.17. The topological polar surface area (TPSA) is 78.3 Å². The summed E-state index contributed by atoms with van der Waals surface area (Å²) in [6, 6.07) is 10.9. The van der Waals surface area contributed by atoms with Crippen molar-refractivity contribution >= 4 is 55.7 Å². The van der Waals surface area contributed by atoms with Crippen LogP contribution in [0.15, 0.2) is 57.3 Å². The average Bonchev–Trinajstić information content (AvgIpc) is 2.67. The van der Waals surface area contributed by atoms with Gasteiger partial charge in [-0.2, -0.15) is 0 Å². The number of sulfone groups is 1. The van der Waals surface area contributed by atoms with E-state index in [4.69, 9.17) is 27.9 Å². The van der Waals surface area contributed by atoms with Gasteiger partial charge in [0.2, 0.25) is 0 Å². The van der Waals surface area contributed by atoms with Crippen LogP contribution in [0.25, 0.3) is 10.9 Å². The lowest BCUT2D eigenvalue weighted by Crippen LogP contribution is -2.25. The Bertz CT molecular complexity index is 1180. The maximum atomic E-state index is 12.9. The first-order chi connectivity index (χ1) is 13.8. The van der Waals surface area contributed by atoms with E-state index in [9.17, 15) is 13.2 Å². The second-order valence-corrected chi connectivity index (χ2v) is 10.2. The fourth-order valence-electron chi connectivity index (χ4n) is 2.67. The Morgan fingerprint density at radius 2 is 1.79 bits per heavy atom. The van der Waals surface area contributed by atoms with E-state index in [1.165, 1.54) is 28.5 Å². The number of nitrogens with zero attached hydrogens (tertiary/aromatic N) is 2. The molecule has 0 atom stereocenters. The monoisotopic (exact) mass is 472 g/mol. The molecule has 0 bridgehead atoms. The molecule has 10 heteroatoms. The van der Waals surface area contributed by atoms with Crippen LogP contribution in [-0.2, 0) is 21.1 Å². The molecular formula is C19H18Cl2N2O4S2. The van der Waals surface area contributed by atoms with Gasteiger partial charge < -0.3 is 4.74 Å². The van der Waals surface area contributed by atoms with Gasteiger partial charge in [-0.15, -0.1) is 0 Å². The van der Waals surface area contributed by atoms with Crippen molar-refractivity contribution in [2.45, 2.75) is 16.6 Å². The van der Waals surface area contributed by atoms with Crippen molar-refractivity contribution in [2.75, 3.05) is 25.2 Å². The van der Waals surface area contributed by atoms with Gasteiger partial charge in [0, 0.05) is 22.9 Å². The van der Waals surface area contributed by atoms with Gasteiger partial charge in [-0.1, -0.05) is 35.0 Å². The molecule has 0 aliphatic heterocycles. The summed E-state index contributed by atoms with van der Waals surface area (Å²) < 4.78 is 31.7. The molecule has 154 valence electrons. The number of ether oxygens (including phenoxy) is 1. The van der Waals surface area contributed by atoms with E-state index < -0.39 is 9.84 Å². The summed E-state index contributed by atoms with van der Waals surface area (Å²) in [5, 5.41) is 1.82. The molecule has 0 radical (unpaired) electrons. The fraction of sp³-hybridized carbons (Fsp3) is 0.263. The Balaban J connectivity index is 1.86. The van der Waals surface area contributed by atoms with Crippen LogP contribution in [0, 0.1) is 0 Å². The third-order valence-electron chi connectivity index (χ3n) is 4.16. The molecule has 0 saturated heterocycles. The second kappa shape index (κ2) is 9.49. The van der Waals surface area contributed by atoms with Gasteiger partial charge >= 0.3 is 0 Å². The normalized spacial score (nSPS) is 11.8. The lowest BCUT2D eigenvalue weighted by Gasteiger charge is -2.13. The summed E-state index contributed by atoms with van der Waals surface area (Å²) in [6.45, 7) is 0.643. The van der Waals surface area contributed by atoms with Crippen LogP contribution >= 0.6 is 35.0 Å². The molecule has 6 nitrogen and oxygen atoms in total. The highest BCUT2D eigenvalue weighted by Crippen LogP contribution is 2.22. The number of hydrogen-bond acceptors (Lipinski definition) is 6. The van der Waals surface area contributed by atoms with Crippen LogP contribution in [0.4, 0.5) is 0 Å². The van der Waals surface area contributed by atoms with Crippen molar-refractivity contribution in [3.05, 3.63) is 62.9 Å². The summed E-state index contributed by atoms with van der Waals surface area (Å²) in [5.41, 5.74) is 0.256. The smallest absolute Gasteiger partial charge is 0.262 e. The minimum Gasteiger partial charge on any atom is -0.383 e. The molecule has 1 heterocycles. The third kappa shape index (κ3) is 5.32. The van der Waals surface area contributed by atoms with Crippen molar-refractivity contribution in [3.63, 3.8) is 0 Å². The highest BCUT2D eigenvalue weighted by molar-refractivity contribution is 8.00. The Labute approximate surface area is 182 Å².